The molecule has 0 radical (unpaired) electrons. The quantitative estimate of drug-likeness (QED) is 0.760. The lowest BCUT2D eigenvalue weighted by Crippen LogP contribution is -2.29. The molecule has 0 spiro atoms. The Hall–Kier alpha value is -0.570. The Morgan fingerprint density at radius 2 is 1.75 bits per heavy atom. The normalized spacial score (nSPS) is 18.1. The number of benzene rings is 1. The van der Waals surface area contributed by atoms with Gasteiger partial charge >= 0.3 is 0 Å². The maximum atomic E-state index is 6.50. The van der Waals surface area contributed by atoms with Gasteiger partial charge in [-0.25, -0.2) is 0 Å². The summed E-state index contributed by atoms with van der Waals surface area (Å²) >= 11 is 8.33. The fourth-order valence-electron chi connectivity index (χ4n) is 3.08. The van der Waals surface area contributed by atoms with E-state index in [1.54, 1.807) is 0 Å². The molecule has 3 heteroatoms. The van der Waals surface area contributed by atoms with Crippen LogP contribution in [0.5, 0.6) is 0 Å². The predicted molar refractivity (Wildman–Crippen MR) is 89.8 cm³/mol. The first kappa shape index (κ1) is 14.4. The van der Waals surface area contributed by atoms with Gasteiger partial charge in [-0.2, -0.15) is 0 Å². The molecule has 0 amide bonds. The predicted octanol–water partition coefficient (Wildman–Crippen LogP) is 5.76. The highest BCUT2D eigenvalue weighted by Crippen LogP contribution is 2.35. The van der Waals surface area contributed by atoms with Crippen molar-refractivity contribution in [3.05, 3.63) is 34.2 Å². The Morgan fingerprint density at radius 3 is 2.50 bits per heavy atom. The largest absolute Gasteiger partial charge is 0.309 e. The maximum Gasteiger partial charge on any atom is 0.0636 e. The molecule has 20 heavy (non-hydrogen) atoms. The minimum Gasteiger partial charge on any atom is -0.309 e. The summed E-state index contributed by atoms with van der Waals surface area (Å²) in [6, 6.07) is 9.10. The molecular weight excluding hydrogens is 286 g/mol. The third kappa shape index (κ3) is 3.36. The molecule has 0 aliphatic heterocycles. The number of nitrogens with one attached hydrogen (secondary N) is 1. The maximum absolute atomic E-state index is 6.50. The van der Waals surface area contributed by atoms with Crippen LogP contribution in [0.4, 0.5) is 0 Å². The highest BCUT2D eigenvalue weighted by Gasteiger charge is 2.14. The zero-order valence-electron chi connectivity index (χ0n) is 11.8. The highest BCUT2D eigenvalue weighted by atomic mass is 35.5. The van der Waals surface area contributed by atoms with Crippen molar-refractivity contribution >= 4 is 33.0 Å². The van der Waals surface area contributed by atoms with Gasteiger partial charge < -0.3 is 5.32 Å². The Labute approximate surface area is 130 Å². The van der Waals surface area contributed by atoms with E-state index in [1.165, 1.54) is 59.9 Å². The Morgan fingerprint density at radius 1 is 1.05 bits per heavy atom. The molecule has 1 heterocycles. The van der Waals surface area contributed by atoms with Crippen LogP contribution in [-0.2, 0) is 6.54 Å². The van der Waals surface area contributed by atoms with E-state index in [9.17, 15) is 0 Å². The standard InChI is InChI=1S/C17H22ClNS/c18-17-14-10-6-7-11-15(14)20-16(17)12-19-13-8-4-2-1-3-5-9-13/h6-7,10-11,13,19H,1-5,8-9,12H2. The van der Waals surface area contributed by atoms with E-state index in [2.05, 4.69) is 29.6 Å². The molecule has 0 bridgehead atoms. The topological polar surface area (TPSA) is 12.0 Å². The summed E-state index contributed by atoms with van der Waals surface area (Å²) < 4.78 is 1.30. The van der Waals surface area contributed by atoms with Crippen LogP contribution >= 0.6 is 22.9 Å². The molecule has 0 atom stereocenters. The van der Waals surface area contributed by atoms with Gasteiger partial charge in [-0.05, 0) is 18.9 Å². The van der Waals surface area contributed by atoms with Crippen molar-refractivity contribution < 1.29 is 0 Å². The highest BCUT2D eigenvalue weighted by molar-refractivity contribution is 7.19. The lowest BCUT2D eigenvalue weighted by Gasteiger charge is -2.20. The zero-order valence-corrected chi connectivity index (χ0v) is 13.4. The Kier molecular flexibility index (Phi) is 4.98. The van der Waals surface area contributed by atoms with Crippen molar-refractivity contribution in [3.8, 4) is 0 Å². The van der Waals surface area contributed by atoms with Crippen LogP contribution in [0, 0.1) is 0 Å². The summed E-state index contributed by atoms with van der Waals surface area (Å²) in [7, 11) is 0. The fraction of sp³-hybridized carbons (Fsp3) is 0.529. The number of hydrogen-bond donors (Lipinski definition) is 1. The summed E-state index contributed by atoms with van der Waals surface area (Å²) in [5.74, 6) is 0. The van der Waals surface area contributed by atoms with Crippen LogP contribution in [0.3, 0.4) is 0 Å². The van der Waals surface area contributed by atoms with Gasteiger partial charge in [0.25, 0.3) is 0 Å². The van der Waals surface area contributed by atoms with Crippen molar-refractivity contribution in [2.24, 2.45) is 0 Å². The second-order valence-electron chi connectivity index (χ2n) is 5.76. The number of thiophene rings is 1. The second kappa shape index (κ2) is 6.93. The van der Waals surface area contributed by atoms with E-state index in [1.807, 2.05) is 11.3 Å². The first-order valence-corrected chi connectivity index (χ1v) is 8.93. The van der Waals surface area contributed by atoms with Crippen molar-refractivity contribution in [1.82, 2.24) is 5.32 Å². The van der Waals surface area contributed by atoms with Gasteiger partial charge in [0.15, 0.2) is 0 Å². The van der Waals surface area contributed by atoms with Crippen LogP contribution in [0.25, 0.3) is 10.1 Å². The molecule has 1 aliphatic carbocycles. The molecule has 1 N–H and O–H groups in total. The van der Waals surface area contributed by atoms with E-state index in [0.29, 0.717) is 6.04 Å². The van der Waals surface area contributed by atoms with E-state index in [4.69, 9.17) is 11.6 Å². The van der Waals surface area contributed by atoms with Gasteiger partial charge in [0.05, 0.1) is 5.02 Å². The van der Waals surface area contributed by atoms with Crippen LogP contribution in [0.1, 0.15) is 49.8 Å². The zero-order chi connectivity index (χ0) is 13.8. The van der Waals surface area contributed by atoms with Crippen molar-refractivity contribution in [2.45, 2.75) is 57.5 Å². The molecule has 1 fully saturated rings. The molecule has 2 aromatic rings. The molecule has 108 valence electrons. The first-order chi connectivity index (χ1) is 9.84. The Bertz CT molecular complexity index is 555. The van der Waals surface area contributed by atoms with Gasteiger partial charge in [0.1, 0.15) is 0 Å². The minimum absolute atomic E-state index is 0.677. The third-order valence-corrected chi connectivity index (χ3v) is 5.97. The second-order valence-corrected chi connectivity index (χ2v) is 7.27. The third-order valence-electron chi connectivity index (χ3n) is 4.26. The van der Waals surface area contributed by atoms with E-state index < -0.39 is 0 Å². The molecular formula is C17H22ClNS. The van der Waals surface area contributed by atoms with Crippen molar-refractivity contribution in [3.63, 3.8) is 0 Å². The van der Waals surface area contributed by atoms with Crippen molar-refractivity contribution in [1.29, 1.82) is 0 Å². The van der Waals surface area contributed by atoms with Gasteiger partial charge in [0, 0.05) is 27.5 Å². The van der Waals surface area contributed by atoms with Gasteiger partial charge in [-0.1, -0.05) is 61.9 Å². The molecule has 1 aromatic heterocycles. The number of halogens is 1. The lowest BCUT2D eigenvalue weighted by atomic mass is 9.97. The number of fused-ring (bicyclic) bond motifs is 1. The summed E-state index contributed by atoms with van der Waals surface area (Å²) in [4.78, 5) is 1.29. The van der Waals surface area contributed by atoms with Crippen LogP contribution in [-0.4, -0.2) is 6.04 Å². The average molecular weight is 308 g/mol. The summed E-state index contributed by atoms with van der Waals surface area (Å²) in [6.45, 7) is 0.919. The van der Waals surface area contributed by atoms with E-state index in [0.717, 1.165) is 11.6 Å². The SMILES string of the molecule is Clc1c(CNC2CCCCCCC2)sc2ccccc12. The molecule has 1 aliphatic rings. The monoisotopic (exact) mass is 307 g/mol. The first-order valence-electron chi connectivity index (χ1n) is 7.74. The van der Waals surface area contributed by atoms with Crippen LogP contribution < -0.4 is 5.32 Å². The smallest absolute Gasteiger partial charge is 0.0636 e. The van der Waals surface area contributed by atoms with Gasteiger partial charge in [-0.3, -0.25) is 0 Å². The van der Waals surface area contributed by atoms with Crippen LogP contribution in [0.2, 0.25) is 5.02 Å². The summed E-state index contributed by atoms with van der Waals surface area (Å²) in [5, 5.41) is 5.88. The Balaban J connectivity index is 1.65. The number of hydrogen-bond acceptors (Lipinski definition) is 2. The van der Waals surface area contributed by atoms with E-state index in [-0.39, 0.29) is 0 Å². The molecule has 0 saturated heterocycles. The summed E-state index contributed by atoms with van der Waals surface area (Å²) in [6.07, 6.45) is 9.62. The number of rotatable bonds is 3. The van der Waals surface area contributed by atoms with E-state index >= 15 is 0 Å². The molecule has 0 unspecified atom stereocenters. The minimum atomic E-state index is 0.677. The fourth-order valence-corrected chi connectivity index (χ4v) is 4.53. The molecule has 1 saturated carbocycles. The summed E-state index contributed by atoms with van der Waals surface area (Å²) in [5.41, 5.74) is 0. The molecule has 3 rings (SSSR count). The van der Waals surface area contributed by atoms with Crippen molar-refractivity contribution in [2.75, 3.05) is 0 Å². The van der Waals surface area contributed by atoms with Gasteiger partial charge in [-0.15, -0.1) is 11.3 Å². The van der Waals surface area contributed by atoms with Crippen LogP contribution in [0.15, 0.2) is 24.3 Å². The average Bonchev–Trinajstić information content (AvgIpc) is 2.75. The van der Waals surface area contributed by atoms with Gasteiger partial charge in [0.2, 0.25) is 0 Å². The molecule has 1 nitrogen and oxygen atoms in total. The molecule has 1 aromatic carbocycles. The lowest BCUT2D eigenvalue weighted by molar-refractivity contribution is 0.390.